The van der Waals surface area contributed by atoms with Crippen LogP contribution in [0.1, 0.15) is 59.7 Å². The summed E-state index contributed by atoms with van der Waals surface area (Å²) in [5.41, 5.74) is 15.5. The number of hydrogen-bond donors (Lipinski definition) is 0. The molecule has 0 saturated heterocycles. The van der Waals surface area contributed by atoms with Gasteiger partial charge in [-0.05, 0) is 68.1 Å². The quantitative estimate of drug-likeness (QED) is 0.234. The lowest BCUT2D eigenvalue weighted by Gasteiger charge is -2.46. The highest BCUT2D eigenvalue weighted by Gasteiger charge is 2.53. The molecule has 1 spiro atoms. The summed E-state index contributed by atoms with van der Waals surface area (Å²) in [6, 6.07) is 43.1. The molecule has 0 aliphatic heterocycles. The molecule has 0 unspecified atom stereocenters. The summed E-state index contributed by atoms with van der Waals surface area (Å²) in [5.74, 6) is 0. The standard InChI is InChI=1S/C37H30/c1-24(2)25-20-22-26(23-21-25)27-13-11-19-34-35(27)28-12-5-6-14-29(28)37(34)32-17-9-7-15-30(32)36(3,4)31-16-8-10-18-33(31)37/h5-23H,1H2,2-4H3. The number of rotatable bonds is 2. The molecule has 0 heteroatoms. The van der Waals surface area contributed by atoms with Crippen LogP contribution in [0.3, 0.4) is 0 Å². The molecule has 0 heterocycles. The first-order chi connectivity index (χ1) is 18.0. The molecular weight excluding hydrogens is 444 g/mol. The zero-order valence-corrected chi connectivity index (χ0v) is 21.7. The van der Waals surface area contributed by atoms with E-state index in [2.05, 4.69) is 143 Å². The van der Waals surface area contributed by atoms with Gasteiger partial charge in [-0.1, -0.05) is 141 Å². The Morgan fingerprint density at radius 1 is 0.514 bits per heavy atom. The van der Waals surface area contributed by atoms with Crippen molar-refractivity contribution >= 4 is 5.57 Å². The summed E-state index contributed by atoms with van der Waals surface area (Å²) in [5, 5.41) is 0. The van der Waals surface area contributed by atoms with E-state index in [-0.39, 0.29) is 10.8 Å². The van der Waals surface area contributed by atoms with Gasteiger partial charge in [-0.25, -0.2) is 0 Å². The molecule has 0 atom stereocenters. The predicted octanol–water partition coefficient (Wildman–Crippen LogP) is 9.39. The van der Waals surface area contributed by atoms with E-state index in [0.29, 0.717) is 0 Å². The largest absolute Gasteiger partial charge is 0.0955 e. The van der Waals surface area contributed by atoms with Crippen LogP contribution in [-0.2, 0) is 10.8 Å². The Kier molecular flexibility index (Phi) is 4.57. The third-order valence-electron chi connectivity index (χ3n) is 8.77. The van der Waals surface area contributed by atoms with Gasteiger partial charge in [-0.2, -0.15) is 0 Å². The van der Waals surface area contributed by atoms with Crippen LogP contribution in [0.25, 0.3) is 27.8 Å². The van der Waals surface area contributed by atoms with Crippen molar-refractivity contribution in [1.29, 1.82) is 0 Å². The summed E-state index contributed by atoms with van der Waals surface area (Å²) in [7, 11) is 0. The van der Waals surface area contributed by atoms with Crippen molar-refractivity contribution in [3.63, 3.8) is 0 Å². The fraction of sp³-hybridized carbons (Fsp3) is 0.135. The molecule has 0 amide bonds. The molecule has 0 N–H and O–H groups in total. The second kappa shape index (κ2) is 7.67. The van der Waals surface area contributed by atoms with E-state index >= 15 is 0 Å². The highest BCUT2D eigenvalue weighted by molar-refractivity contribution is 5.96. The molecule has 7 rings (SSSR count). The first kappa shape index (κ1) is 22.1. The third kappa shape index (κ3) is 2.79. The fourth-order valence-corrected chi connectivity index (χ4v) is 7.08. The van der Waals surface area contributed by atoms with E-state index in [9.17, 15) is 0 Å². The van der Waals surface area contributed by atoms with Crippen LogP contribution >= 0.6 is 0 Å². The zero-order valence-electron chi connectivity index (χ0n) is 21.7. The van der Waals surface area contributed by atoms with Crippen LogP contribution in [0.4, 0.5) is 0 Å². The number of benzene rings is 5. The van der Waals surface area contributed by atoms with Gasteiger partial charge >= 0.3 is 0 Å². The highest BCUT2D eigenvalue weighted by Crippen LogP contribution is 2.63. The van der Waals surface area contributed by atoms with Crippen LogP contribution in [0.2, 0.25) is 0 Å². The van der Waals surface area contributed by atoms with Crippen molar-refractivity contribution in [3.8, 4) is 22.3 Å². The zero-order chi connectivity index (χ0) is 25.4. The van der Waals surface area contributed by atoms with Crippen LogP contribution in [0.5, 0.6) is 0 Å². The summed E-state index contributed by atoms with van der Waals surface area (Å²) in [6.07, 6.45) is 0. The highest BCUT2D eigenvalue weighted by atomic mass is 14.5. The molecule has 37 heavy (non-hydrogen) atoms. The molecule has 0 fully saturated rings. The maximum atomic E-state index is 4.13. The summed E-state index contributed by atoms with van der Waals surface area (Å²) in [6.45, 7) is 10.9. The van der Waals surface area contributed by atoms with E-state index in [1.807, 2.05) is 0 Å². The Morgan fingerprint density at radius 2 is 1.00 bits per heavy atom. The average Bonchev–Trinajstić information content (AvgIpc) is 3.23. The molecule has 2 aliphatic rings. The minimum Gasteiger partial charge on any atom is -0.0955 e. The van der Waals surface area contributed by atoms with Crippen LogP contribution in [0.15, 0.2) is 122 Å². The molecule has 2 aliphatic carbocycles. The van der Waals surface area contributed by atoms with Crippen molar-refractivity contribution in [1.82, 2.24) is 0 Å². The molecule has 5 aromatic rings. The lowest BCUT2D eigenvalue weighted by Crippen LogP contribution is -2.40. The Morgan fingerprint density at radius 3 is 1.59 bits per heavy atom. The average molecular weight is 475 g/mol. The van der Waals surface area contributed by atoms with Gasteiger partial charge in [0.15, 0.2) is 0 Å². The SMILES string of the molecule is C=C(C)c1ccc(-c2cccc3c2-c2ccccc2C32c3ccccc3C(C)(C)c3ccccc32)cc1. The maximum absolute atomic E-state index is 4.13. The van der Waals surface area contributed by atoms with Gasteiger partial charge in [0.05, 0.1) is 5.41 Å². The van der Waals surface area contributed by atoms with Gasteiger partial charge in [-0.15, -0.1) is 0 Å². The molecule has 0 saturated carbocycles. The van der Waals surface area contributed by atoms with E-state index < -0.39 is 0 Å². The van der Waals surface area contributed by atoms with Crippen molar-refractivity contribution < 1.29 is 0 Å². The molecule has 0 nitrogen and oxygen atoms in total. The van der Waals surface area contributed by atoms with Crippen LogP contribution in [0, 0.1) is 0 Å². The van der Waals surface area contributed by atoms with E-state index in [1.54, 1.807) is 0 Å². The smallest absolute Gasteiger partial charge is 0.0719 e. The summed E-state index contributed by atoms with van der Waals surface area (Å²) < 4.78 is 0. The third-order valence-corrected chi connectivity index (χ3v) is 8.77. The summed E-state index contributed by atoms with van der Waals surface area (Å²) in [4.78, 5) is 0. The maximum Gasteiger partial charge on any atom is 0.0719 e. The number of allylic oxidation sites excluding steroid dienone is 1. The van der Waals surface area contributed by atoms with Gasteiger partial charge in [0.1, 0.15) is 0 Å². The van der Waals surface area contributed by atoms with E-state index in [1.165, 1.54) is 61.2 Å². The van der Waals surface area contributed by atoms with Gasteiger partial charge in [0, 0.05) is 5.41 Å². The van der Waals surface area contributed by atoms with Gasteiger partial charge in [0.25, 0.3) is 0 Å². The summed E-state index contributed by atoms with van der Waals surface area (Å²) >= 11 is 0. The van der Waals surface area contributed by atoms with Crippen molar-refractivity contribution in [2.45, 2.75) is 31.6 Å². The number of hydrogen-bond acceptors (Lipinski definition) is 0. The second-order valence-electron chi connectivity index (χ2n) is 11.1. The van der Waals surface area contributed by atoms with Crippen molar-refractivity contribution in [3.05, 3.63) is 161 Å². The van der Waals surface area contributed by atoms with Gasteiger partial charge < -0.3 is 0 Å². The normalized spacial score (nSPS) is 15.4. The number of fused-ring (bicyclic) bond motifs is 9. The topological polar surface area (TPSA) is 0 Å². The predicted molar refractivity (Wildman–Crippen MR) is 156 cm³/mol. The Hall–Kier alpha value is -4.16. The fourth-order valence-electron chi connectivity index (χ4n) is 7.08. The molecule has 0 aromatic heterocycles. The second-order valence-corrected chi connectivity index (χ2v) is 11.1. The van der Waals surface area contributed by atoms with E-state index in [0.717, 1.165) is 5.57 Å². The Balaban J connectivity index is 1.62. The Bertz CT molecular complexity index is 1660. The molecule has 5 aromatic carbocycles. The Labute approximate surface area is 220 Å². The molecule has 178 valence electrons. The van der Waals surface area contributed by atoms with Crippen LogP contribution < -0.4 is 0 Å². The lowest BCUT2D eigenvalue weighted by molar-refractivity contribution is 0.563. The first-order valence-electron chi connectivity index (χ1n) is 13.2. The molecular formula is C37H30. The monoisotopic (exact) mass is 474 g/mol. The van der Waals surface area contributed by atoms with E-state index in [4.69, 9.17) is 0 Å². The lowest BCUT2D eigenvalue weighted by atomic mass is 9.55. The van der Waals surface area contributed by atoms with Gasteiger partial charge in [0.2, 0.25) is 0 Å². The van der Waals surface area contributed by atoms with Crippen molar-refractivity contribution in [2.75, 3.05) is 0 Å². The molecule has 0 bridgehead atoms. The minimum atomic E-state index is -0.345. The molecule has 0 radical (unpaired) electrons. The van der Waals surface area contributed by atoms with Crippen molar-refractivity contribution in [2.24, 2.45) is 0 Å². The minimum absolute atomic E-state index is 0.0773. The first-order valence-corrected chi connectivity index (χ1v) is 13.2. The van der Waals surface area contributed by atoms with Gasteiger partial charge in [-0.3, -0.25) is 0 Å². The van der Waals surface area contributed by atoms with Crippen LogP contribution in [-0.4, -0.2) is 0 Å².